The first-order valence-electron chi connectivity index (χ1n) is 8.98. The molecule has 3 aromatic rings. The van der Waals surface area contributed by atoms with Crippen LogP contribution in [-0.4, -0.2) is 28.9 Å². The zero-order valence-corrected chi connectivity index (χ0v) is 17.0. The topological polar surface area (TPSA) is 77.4 Å². The van der Waals surface area contributed by atoms with Gasteiger partial charge < -0.3 is 4.74 Å². The highest BCUT2D eigenvalue weighted by molar-refractivity contribution is 6.33. The number of nitrogens with one attached hydrogen (secondary N) is 1. The van der Waals surface area contributed by atoms with E-state index in [4.69, 9.17) is 16.3 Å². The third-order valence-electron chi connectivity index (χ3n) is 4.47. The van der Waals surface area contributed by atoms with E-state index in [0.717, 1.165) is 12.1 Å². The Hall–Kier alpha value is -3.45. The van der Waals surface area contributed by atoms with E-state index < -0.39 is 24.2 Å². The fourth-order valence-electron chi connectivity index (χ4n) is 2.91. The Kier molecular flexibility index (Phi) is 6.32. The SMILES string of the molecule is Cc1cc(C(=O)COC(=O)c2ccc(F)cc2Cl)c(C)n1NC(=O)c1ccccc1. The molecule has 1 amide bonds. The van der Waals surface area contributed by atoms with E-state index >= 15 is 0 Å². The van der Waals surface area contributed by atoms with Gasteiger partial charge in [0.1, 0.15) is 5.82 Å². The van der Waals surface area contributed by atoms with Crippen LogP contribution in [0.15, 0.2) is 54.6 Å². The lowest BCUT2D eigenvalue weighted by Crippen LogP contribution is -2.25. The standard InChI is InChI=1S/C22H18ClFN2O4/c1-13-10-18(14(2)26(13)25-21(28)15-6-4-3-5-7-15)20(27)12-30-22(29)17-9-8-16(24)11-19(17)23/h3-11H,12H2,1-2H3,(H,25,28). The molecule has 30 heavy (non-hydrogen) atoms. The first-order chi connectivity index (χ1) is 14.3. The number of hydrogen-bond acceptors (Lipinski definition) is 4. The third kappa shape index (κ3) is 4.58. The Labute approximate surface area is 177 Å². The number of ketones is 1. The van der Waals surface area contributed by atoms with E-state index in [0.29, 0.717) is 22.5 Å². The molecule has 6 nitrogen and oxygen atoms in total. The molecule has 154 valence electrons. The van der Waals surface area contributed by atoms with Crippen molar-refractivity contribution in [3.8, 4) is 0 Å². The normalized spacial score (nSPS) is 10.5. The molecule has 1 N–H and O–H groups in total. The maximum absolute atomic E-state index is 13.1. The van der Waals surface area contributed by atoms with E-state index in [-0.39, 0.29) is 16.5 Å². The molecule has 2 aromatic carbocycles. The Bertz CT molecular complexity index is 1130. The Balaban J connectivity index is 1.70. The summed E-state index contributed by atoms with van der Waals surface area (Å²) in [6, 6.07) is 13.5. The highest BCUT2D eigenvalue weighted by Crippen LogP contribution is 2.19. The van der Waals surface area contributed by atoms with Gasteiger partial charge in [-0.2, -0.15) is 0 Å². The number of amides is 1. The van der Waals surface area contributed by atoms with Crippen LogP contribution in [-0.2, 0) is 4.74 Å². The number of benzene rings is 2. The summed E-state index contributed by atoms with van der Waals surface area (Å²) >= 11 is 5.84. The molecule has 0 aliphatic rings. The van der Waals surface area contributed by atoms with Gasteiger partial charge in [0.15, 0.2) is 6.61 Å². The smallest absolute Gasteiger partial charge is 0.340 e. The van der Waals surface area contributed by atoms with Crippen LogP contribution in [0.2, 0.25) is 5.02 Å². The molecule has 0 unspecified atom stereocenters. The minimum Gasteiger partial charge on any atom is -0.454 e. The molecule has 0 bridgehead atoms. The van der Waals surface area contributed by atoms with Crippen molar-refractivity contribution in [2.24, 2.45) is 0 Å². The molecule has 0 aliphatic carbocycles. The van der Waals surface area contributed by atoms with Crippen LogP contribution >= 0.6 is 11.6 Å². The van der Waals surface area contributed by atoms with Gasteiger partial charge in [-0.1, -0.05) is 29.8 Å². The van der Waals surface area contributed by atoms with Crippen LogP contribution in [0.3, 0.4) is 0 Å². The van der Waals surface area contributed by atoms with Crippen LogP contribution in [0, 0.1) is 19.7 Å². The molecule has 0 saturated carbocycles. The molecule has 0 atom stereocenters. The molecule has 1 aromatic heterocycles. The number of carbonyl (C=O) groups is 3. The number of aryl methyl sites for hydroxylation is 1. The zero-order chi connectivity index (χ0) is 21.8. The summed E-state index contributed by atoms with van der Waals surface area (Å²) in [6.07, 6.45) is 0. The van der Waals surface area contributed by atoms with E-state index in [1.54, 1.807) is 50.2 Å². The molecule has 3 rings (SSSR count). The Morgan fingerprint density at radius 1 is 1.03 bits per heavy atom. The monoisotopic (exact) mass is 428 g/mol. The van der Waals surface area contributed by atoms with Gasteiger partial charge in [-0.25, -0.2) is 9.18 Å². The van der Waals surface area contributed by atoms with Crippen molar-refractivity contribution in [3.63, 3.8) is 0 Å². The molecule has 0 fully saturated rings. The number of ether oxygens (including phenoxy) is 1. The first kappa shape index (κ1) is 21.3. The lowest BCUT2D eigenvalue weighted by Gasteiger charge is -2.12. The molecule has 1 heterocycles. The summed E-state index contributed by atoms with van der Waals surface area (Å²) in [4.78, 5) is 37.1. The summed E-state index contributed by atoms with van der Waals surface area (Å²) in [6.45, 7) is 2.88. The van der Waals surface area contributed by atoms with Crippen molar-refractivity contribution in [1.82, 2.24) is 4.68 Å². The molecular formula is C22H18ClFN2O4. The largest absolute Gasteiger partial charge is 0.454 e. The fourth-order valence-corrected chi connectivity index (χ4v) is 3.16. The van der Waals surface area contributed by atoms with E-state index in [1.165, 1.54) is 10.7 Å². The average molecular weight is 429 g/mol. The van der Waals surface area contributed by atoms with Gasteiger partial charge in [-0.05, 0) is 50.2 Å². The maximum atomic E-state index is 13.1. The van der Waals surface area contributed by atoms with Crippen molar-refractivity contribution in [2.45, 2.75) is 13.8 Å². The summed E-state index contributed by atoms with van der Waals surface area (Å²) < 4.78 is 19.6. The van der Waals surface area contributed by atoms with Crippen molar-refractivity contribution in [2.75, 3.05) is 12.0 Å². The minimum absolute atomic E-state index is 0.0357. The van der Waals surface area contributed by atoms with Crippen LogP contribution in [0.4, 0.5) is 4.39 Å². The second kappa shape index (κ2) is 8.92. The number of Topliss-reactive ketones (excluding diaryl/α,β-unsaturated/α-hetero) is 1. The minimum atomic E-state index is -0.834. The number of nitrogens with zero attached hydrogens (tertiary/aromatic N) is 1. The van der Waals surface area contributed by atoms with Gasteiger partial charge in [0, 0.05) is 22.5 Å². The molecular weight excluding hydrogens is 411 g/mol. The Morgan fingerprint density at radius 3 is 2.40 bits per heavy atom. The lowest BCUT2D eigenvalue weighted by atomic mass is 10.1. The Morgan fingerprint density at radius 2 is 1.73 bits per heavy atom. The molecule has 0 saturated heterocycles. The summed E-state index contributed by atoms with van der Waals surface area (Å²) in [5, 5.41) is -0.103. The van der Waals surface area contributed by atoms with Gasteiger partial charge in [0.05, 0.1) is 10.6 Å². The van der Waals surface area contributed by atoms with E-state index in [1.807, 2.05) is 0 Å². The highest BCUT2D eigenvalue weighted by atomic mass is 35.5. The van der Waals surface area contributed by atoms with Crippen LogP contribution in [0.1, 0.15) is 42.5 Å². The number of halogens is 2. The average Bonchev–Trinajstić information content (AvgIpc) is 3.00. The van der Waals surface area contributed by atoms with Crippen molar-refractivity contribution in [3.05, 3.63) is 93.5 Å². The number of hydrogen-bond donors (Lipinski definition) is 1. The van der Waals surface area contributed by atoms with Crippen molar-refractivity contribution in [1.29, 1.82) is 0 Å². The lowest BCUT2D eigenvalue weighted by molar-refractivity contribution is 0.0474. The number of rotatable bonds is 6. The number of carbonyl (C=O) groups excluding carboxylic acids is 3. The molecule has 0 aliphatic heterocycles. The maximum Gasteiger partial charge on any atom is 0.340 e. The number of aromatic nitrogens is 1. The molecule has 8 heteroatoms. The fraction of sp³-hybridized carbons (Fsp3) is 0.136. The first-order valence-corrected chi connectivity index (χ1v) is 9.36. The predicted octanol–water partition coefficient (Wildman–Crippen LogP) is 4.32. The van der Waals surface area contributed by atoms with Gasteiger partial charge in [-0.15, -0.1) is 0 Å². The summed E-state index contributed by atoms with van der Waals surface area (Å²) in [7, 11) is 0. The van der Waals surface area contributed by atoms with Crippen LogP contribution in [0.25, 0.3) is 0 Å². The zero-order valence-electron chi connectivity index (χ0n) is 16.2. The van der Waals surface area contributed by atoms with Gasteiger partial charge in [0.2, 0.25) is 5.78 Å². The van der Waals surface area contributed by atoms with Crippen molar-refractivity contribution < 1.29 is 23.5 Å². The molecule has 0 radical (unpaired) electrons. The highest BCUT2D eigenvalue weighted by Gasteiger charge is 2.20. The quantitative estimate of drug-likeness (QED) is 0.468. The van der Waals surface area contributed by atoms with Gasteiger partial charge in [0.25, 0.3) is 5.91 Å². The number of esters is 1. The summed E-state index contributed by atoms with van der Waals surface area (Å²) in [5.74, 6) is -2.19. The predicted molar refractivity (Wildman–Crippen MR) is 110 cm³/mol. The van der Waals surface area contributed by atoms with Gasteiger partial charge in [-0.3, -0.25) is 19.7 Å². The van der Waals surface area contributed by atoms with E-state index in [2.05, 4.69) is 5.43 Å². The van der Waals surface area contributed by atoms with Crippen LogP contribution < -0.4 is 5.43 Å². The second-order valence-electron chi connectivity index (χ2n) is 6.55. The molecule has 0 spiro atoms. The second-order valence-corrected chi connectivity index (χ2v) is 6.96. The third-order valence-corrected chi connectivity index (χ3v) is 4.78. The summed E-state index contributed by atoms with van der Waals surface area (Å²) in [5.41, 5.74) is 4.61. The van der Waals surface area contributed by atoms with Crippen LogP contribution in [0.5, 0.6) is 0 Å². The van der Waals surface area contributed by atoms with Gasteiger partial charge >= 0.3 is 5.97 Å². The van der Waals surface area contributed by atoms with Crippen molar-refractivity contribution >= 4 is 29.3 Å². The van der Waals surface area contributed by atoms with E-state index in [9.17, 15) is 18.8 Å².